The molecule has 160 valence electrons. The van der Waals surface area contributed by atoms with Gasteiger partial charge in [-0.3, -0.25) is 4.99 Å². The van der Waals surface area contributed by atoms with Crippen LogP contribution in [0.5, 0.6) is 0 Å². The second-order valence-electron chi connectivity index (χ2n) is 7.17. The van der Waals surface area contributed by atoms with Crippen molar-refractivity contribution in [3.63, 3.8) is 0 Å². The fourth-order valence-corrected chi connectivity index (χ4v) is 3.32. The minimum atomic E-state index is 0.595. The van der Waals surface area contributed by atoms with Crippen molar-refractivity contribution in [2.45, 2.75) is 47.5 Å². The third-order valence-electron chi connectivity index (χ3n) is 3.89. The van der Waals surface area contributed by atoms with Crippen molar-refractivity contribution in [3.05, 3.63) is 47.3 Å². The molecule has 0 aliphatic carbocycles. The Bertz CT molecular complexity index is 740. The Morgan fingerprint density at radius 2 is 1.76 bits per heavy atom. The average molecular weight is 416 g/mol. The molecule has 0 bridgehead atoms. The molecular weight excluding hydrogens is 378 g/mol. The summed E-state index contributed by atoms with van der Waals surface area (Å²) in [5.41, 5.74) is 4.29. The molecule has 0 spiro atoms. The molecule has 0 atom stereocenters. The number of thioether (sulfide) groups is 1. The Kier molecular flexibility index (Phi) is 12.2. The van der Waals surface area contributed by atoms with Crippen molar-refractivity contribution in [3.8, 4) is 0 Å². The van der Waals surface area contributed by atoms with E-state index in [1.165, 1.54) is 17.5 Å². The highest BCUT2D eigenvalue weighted by Crippen LogP contribution is 2.18. The van der Waals surface area contributed by atoms with Crippen LogP contribution >= 0.6 is 11.8 Å². The zero-order valence-corrected chi connectivity index (χ0v) is 19.9. The van der Waals surface area contributed by atoms with Crippen molar-refractivity contribution >= 4 is 28.4 Å². The van der Waals surface area contributed by atoms with Gasteiger partial charge in [-0.25, -0.2) is 9.97 Å². The SMILES string of the molecule is CCC.CCCN(C)CCN=C(SC)c1ccnc(Nc2cc(C)cc(C)c2)n1. The predicted molar refractivity (Wildman–Crippen MR) is 130 cm³/mol. The Morgan fingerprint density at radius 1 is 1.10 bits per heavy atom. The molecule has 0 fully saturated rings. The molecule has 6 heteroatoms. The second kappa shape index (κ2) is 14.1. The fourth-order valence-electron chi connectivity index (χ4n) is 2.78. The molecule has 29 heavy (non-hydrogen) atoms. The van der Waals surface area contributed by atoms with Gasteiger partial charge in [0.2, 0.25) is 5.95 Å². The van der Waals surface area contributed by atoms with E-state index >= 15 is 0 Å². The van der Waals surface area contributed by atoms with Gasteiger partial charge in [-0.2, -0.15) is 0 Å². The van der Waals surface area contributed by atoms with Gasteiger partial charge in [0.05, 0.1) is 6.54 Å². The second-order valence-corrected chi connectivity index (χ2v) is 7.96. The molecule has 0 aliphatic rings. The first-order valence-corrected chi connectivity index (χ1v) is 11.6. The molecule has 0 amide bonds. The quantitative estimate of drug-likeness (QED) is 0.442. The van der Waals surface area contributed by atoms with Crippen LogP contribution in [0.25, 0.3) is 0 Å². The fraction of sp³-hybridized carbons (Fsp3) is 0.522. The summed E-state index contributed by atoms with van der Waals surface area (Å²) in [6.45, 7) is 13.4. The minimum absolute atomic E-state index is 0.595. The number of benzene rings is 1. The molecule has 1 N–H and O–H groups in total. The van der Waals surface area contributed by atoms with Crippen LogP contribution in [0.3, 0.4) is 0 Å². The summed E-state index contributed by atoms with van der Waals surface area (Å²) in [6, 6.07) is 8.25. The van der Waals surface area contributed by atoms with Crippen molar-refractivity contribution in [2.75, 3.05) is 38.3 Å². The number of hydrogen-bond acceptors (Lipinski definition) is 6. The molecule has 2 rings (SSSR count). The lowest BCUT2D eigenvalue weighted by atomic mass is 10.1. The maximum Gasteiger partial charge on any atom is 0.227 e. The number of aromatic nitrogens is 2. The molecule has 1 aromatic heterocycles. The average Bonchev–Trinajstić information content (AvgIpc) is 2.65. The highest BCUT2D eigenvalue weighted by atomic mass is 32.2. The molecule has 5 nitrogen and oxygen atoms in total. The molecule has 2 aromatic rings. The number of anilines is 2. The van der Waals surface area contributed by atoms with Crippen molar-refractivity contribution in [1.29, 1.82) is 0 Å². The standard InChI is InChI=1S/C20H29N5S.C3H8/c1-6-10-25(4)11-9-21-19(26-5)18-7-8-22-20(24-18)23-17-13-15(2)12-16(3)14-17;1-3-2/h7-8,12-14H,6,9-11H2,1-5H3,(H,22,23,24);3H2,1-2H3. The molecule has 0 saturated carbocycles. The number of nitrogens with one attached hydrogen (secondary N) is 1. The van der Waals surface area contributed by atoms with Crippen LogP contribution in [0.2, 0.25) is 0 Å². The van der Waals surface area contributed by atoms with Gasteiger partial charge in [-0.15, -0.1) is 11.8 Å². The predicted octanol–water partition coefficient (Wildman–Crippen LogP) is 5.70. The van der Waals surface area contributed by atoms with Crippen LogP contribution in [0.4, 0.5) is 11.6 Å². The number of aryl methyl sites for hydroxylation is 2. The van der Waals surface area contributed by atoms with Crippen LogP contribution in [0, 0.1) is 13.8 Å². The Hall–Kier alpha value is -1.92. The summed E-state index contributed by atoms with van der Waals surface area (Å²) in [5, 5.41) is 4.25. The third-order valence-corrected chi connectivity index (χ3v) is 4.61. The van der Waals surface area contributed by atoms with Crippen LogP contribution in [-0.2, 0) is 0 Å². The Balaban J connectivity index is 0.00000132. The van der Waals surface area contributed by atoms with E-state index in [1.54, 1.807) is 18.0 Å². The maximum atomic E-state index is 4.73. The number of aliphatic imine (C=N–C) groups is 1. The summed E-state index contributed by atoms with van der Waals surface area (Å²) in [5.74, 6) is 0.595. The van der Waals surface area contributed by atoms with Gasteiger partial charge in [-0.05, 0) is 69.4 Å². The van der Waals surface area contributed by atoms with Gasteiger partial charge in [0, 0.05) is 18.4 Å². The van der Waals surface area contributed by atoms with Gasteiger partial charge in [0.25, 0.3) is 0 Å². The van der Waals surface area contributed by atoms with E-state index in [1.807, 2.05) is 12.3 Å². The monoisotopic (exact) mass is 415 g/mol. The largest absolute Gasteiger partial charge is 0.324 e. The lowest BCUT2D eigenvalue weighted by molar-refractivity contribution is 0.344. The highest BCUT2D eigenvalue weighted by Gasteiger charge is 2.07. The molecule has 0 radical (unpaired) electrons. The van der Waals surface area contributed by atoms with E-state index in [0.29, 0.717) is 5.95 Å². The van der Waals surface area contributed by atoms with E-state index < -0.39 is 0 Å². The van der Waals surface area contributed by atoms with Gasteiger partial charge in [0.15, 0.2) is 0 Å². The topological polar surface area (TPSA) is 53.4 Å². The molecule has 0 unspecified atom stereocenters. The normalized spacial score (nSPS) is 11.2. The molecule has 1 heterocycles. The molecule has 0 saturated heterocycles. The van der Waals surface area contributed by atoms with Crippen LogP contribution in [-0.4, -0.2) is 52.8 Å². The van der Waals surface area contributed by atoms with Crippen molar-refractivity contribution in [2.24, 2.45) is 4.99 Å². The van der Waals surface area contributed by atoms with Crippen LogP contribution in [0.1, 0.15) is 50.4 Å². The smallest absolute Gasteiger partial charge is 0.227 e. The van der Waals surface area contributed by atoms with E-state index in [9.17, 15) is 0 Å². The van der Waals surface area contributed by atoms with E-state index in [0.717, 1.165) is 42.5 Å². The zero-order chi connectivity index (χ0) is 21.6. The summed E-state index contributed by atoms with van der Waals surface area (Å²) < 4.78 is 0. The lowest BCUT2D eigenvalue weighted by Gasteiger charge is -2.14. The van der Waals surface area contributed by atoms with Crippen LogP contribution < -0.4 is 5.32 Å². The summed E-state index contributed by atoms with van der Waals surface area (Å²) in [7, 11) is 2.13. The number of nitrogens with zero attached hydrogens (tertiary/aromatic N) is 4. The lowest BCUT2D eigenvalue weighted by Crippen LogP contribution is -2.22. The maximum absolute atomic E-state index is 4.73. The number of rotatable bonds is 8. The van der Waals surface area contributed by atoms with Gasteiger partial charge >= 0.3 is 0 Å². The first kappa shape index (κ1) is 25.1. The van der Waals surface area contributed by atoms with E-state index in [4.69, 9.17) is 4.99 Å². The Morgan fingerprint density at radius 3 is 2.34 bits per heavy atom. The molecule has 1 aromatic carbocycles. The van der Waals surface area contributed by atoms with E-state index in [-0.39, 0.29) is 0 Å². The number of likely N-dealkylation sites (N-methyl/N-ethyl adjacent to an activating group) is 1. The van der Waals surface area contributed by atoms with Crippen molar-refractivity contribution in [1.82, 2.24) is 14.9 Å². The molecule has 0 aliphatic heterocycles. The molecular formula is C23H37N5S. The third kappa shape index (κ3) is 9.90. The minimum Gasteiger partial charge on any atom is -0.324 e. The Labute approximate surface area is 181 Å². The van der Waals surface area contributed by atoms with Crippen LogP contribution in [0.15, 0.2) is 35.5 Å². The zero-order valence-electron chi connectivity index (χ0n) is 19.1. The van der Waals surface area contributed by atoms with E-state index in [2.05, 4.69) is 80.1 Å². The van der Waals surface area contributed by atoms with Crippen molar-refractivity contribution < 1.29 is 0 Å². The number of hydrogen-bond donors (Lipinski definition) is 1. The highest BCUT2D eigenvalue weighted by molar-refractivity contribution is 8.13. The first-order chi connectivity index (χ1) is 13.9. The summed E-state index contributed by atoms with van der Waals surface area (Å²) in [6.07, 6.45) is 6.23. The summed E-state index contributed by atoms with van der Waals surface area (Å²) >= 11 is 1.62. The summed E-state index contributed by atoms with van der Waals surface area (Å²) in [4.78, 5) is 16.0. The van der Waals surface area contributed by atoms with Gasteiger partial charge in [0.1, 0.15) is 10.7 Å². The first-order valence-electron chi connectivity index (χ1n) is 10.4. The van der Waals surface area contributed by atoms with Gasteiger partial charge in [-0.1, -0.05) is 33.3 Å². The van der Waals surface area contributed by atoms with Gasteiger partial charge < -0.3 is 10.2 Å².